The molecule has 55 heavy (non-hydrogen) atoms. The van der Waals surface area contributed by atoms with Crippen molar-refractivity contribution in [3.05, 3.63) is 193 Å². The maximum absolute atomic E-state index is 10.4. The summed E-state index contributed by atoms with van der Waals surface area (Å²) in [6, 6.07) is 63.7. The average molecular weight is 700 g/mol. The molecule has 0 atom stereocenters. The molecule has 0 amide bonds. The first-order chi connectivity index (χ1) is 27.2. The number of nitriles is 1. The smallest absolute Gasteiger partial charge is 0.197 e. The zero-order valence-corrected chi connectivity index (χ0v) is 29.5. The lowest BCUT2D eigenvalue weighted by Crippen LogP contribution is -2.01. The van der Waals surface area contributed by atoms with Crippen LogP contribution in [0.4, 0.5) is 5.69 Å². The maximum Gasteiger partial charge on any atom is 0.197 e. The van der Waals surface area contributed by atoms with Crippen LogP contribution in [0.15, 0.2) is 176 Å². The molecule has 3 heterocycles. The predicted octanol–water partition coefficient (Wildman–Crippen LogP) is 13.1. The van der Waals surface area contributed by atoms with Gasteiger partial charge in [-0.05, 0) is 83.2 Å². The normalized spacial score (nSPS) is 11.6. The van der Waals surface area contributed by atoms with Gasteiger partial charge in [0, 0.05) is 43.8 Å². The fraction of sp³-hybridized carbons (Fsp3) is 0. The fourth-order valence-electron chi connectivity index (χ4n) is 8.78. The summed E-state index contributed by atoms with van der Waals surface area (Å²) in [5.41, 5.74) is 12.7. The highest BCUT2D eigenvalue weighted by atomic mass is 15.1. The number of hydrogen-bond donors (Lipinski definition) is 0. The van der Waals surface area contributed by atoms with Crippen LogP contribution >= 0.6 is 0 Å². The first-order valence-corrected chi connectivity index (χ1v) is 18.3. The summed E-state index contributed by atoms with van der Waals surface area (Å²) in [6.07, 6.45) is 0. The largest absolute Gasteiger partial charge is 0.311 e. The predicted molar refractivity (Wildman–Crippen MR) is 226 cm³/mol. The van der Waals surface area contributed by atoms with Gasteiger partial charge in [0.15, 0.2) is 5.69 Å². The van der Waals surface area contributed by atoms with Gasteiger partial charge >= 0.3 is 0 Å². The van der Waals surface area contributed by atoms with Gasteiger partial charge in [0.05, 0.1) is 51.5 Å². The van der Waals surface area contributed by atoms with Gasteiger partial charge in [0.1, 0.15) is 0 Å². The van der Waals surface area contributed by atoms with E-state index in [9.17, 15) is 5.26 Å². The number of benzene rings is 8. The van der Waals surface area contributed by atoms with E-state index in [0.717, 1.165) is 82.8 Å². The minimum Gasteiger partial charge on any atom is -0.311 e. The van der Waals surface area contributed by atoms with E-state index in [1.54, 1.807) is 0 Å². The van der Waals surface area contributed by atoms with E-state index in [2.05, 4.69) is 164 Å². The summed E-state index contributed by atoms with van der Waals surface area (Å²) in [7, 11) is 0. The number of nitrogens with zero attached hydrogens (tertiary/aromatic N) is 5. The lowest BCUT2D eigenvalue weighted by Gasteiger charge is -2.16. The Hall–Kier alpha value is -7.86. The molecule has 5 nitrogen and oxygen atoms in total. The average Bonchev–Trinajstić information content (AvgIpc) is 3.90. The van der Waals surface area contributed by atoms with E-state index < -0.39 is 0 Å². The molecule has 0 aliphatic heterocycles. The summed E-state index contributed by atoms with van der Waals surface area (Å²) >= 11 is 0. The minimum absolute atomic E-state index is 0.589. The number of fused-ring (bicyclic) bond motifs is 9. The molecule has 0 aliphatic rings. The fourth-order valence-corrected chi connectivity index (χ4v) is 8.78. The van der Waals surface area contributed by atoms with Gasteiger partial charge in [-0.1, -0.05) is 109 Å². The van der Waals surface area contributed by atoms with Gasteiger partial charge in [-0.3, -0.25) is 0 Å². The summed E-state index contributed by atoms with van der Waals surface area (Å²) in [6.45, 7) is 7.83. The molecule has 0 N–H and O–H groups in total. The van der Waals surface area contributed by atoms with Crippen LogP contribution in [-0.2, 0) is 0 Å². The maximum atomic E-state index is 10.4. The Kier molecular flexibility index (Phi) is 6.61. The molecule has 0 aliphatic carbocycles. The van der Waals surface area contributed by atoms with E-state index in [0.29, 0.717) is 11.3 Å². The van der Waals surface area contributed by atoms with Crippen LogP contribution in [0.1, 0.15) is 5.56 Å². The Morgan fingerprint density at radius 2 is 0.982 bits per heavy atom. The number of hydrogen-bond acceptors (Lipinski definition) is 1. The number of para-hydroxylation sites is 5. The van der Waals surface area contributed by atoms with Crippen LogP contribution in [0, 0.1) is 17.9 Å². The topological polar surface area (TPSA) is 42.9 Å². The Balaban J connectivity index is 1.13. The molecule has 0 bridgehead atoms. The second-order valence-corrected chi connectivity index (χ2v) is 14.0. The zero-order valence-electron chi connectivity index (χ0n) is 29.5. The third kappa shape index (κ3) is 4.45. The summed E-state index contributed by atoms with van der Waals surface area (Å²) in [4.78, 5) is 3.85. The van der Waals surface area contributed by atoms with Crippen LogP contribution < -0.4 is 0 Å². The van der Waals surface area contributed by atoms with E-state index in [1.807, 2.05) is 36.4 Å². The highest BCUT2D eigenvalue weighted by molar-refractivity contribution is 6.16. The molecule has 3 aromatic heterocycles. The molecular formula is C50H29N5. The molecule has 0 saturated carbocycles. The molecular weight excluding hydrogens is 671 g/mol. The van der Waals surface area contributed by atoms with Crippen molar-refractivity contribution in [2.75, 3.05) is 0 Å². The highest BCUT2D eigenvalue weighted by Crippen LogP contribution is 2.41. The van der Waals surface area contributed by atoms with Crippen LogP contribution in [0.5, 0.6) is 0 Å². The van der Waals surface area contributed by atoms with Gasteiger partial charge in [0.25, 0.3) is 0 Å². The summed E-state index contributed by atoms with van der Waals surface area (Å²) in [5.74, 6) is 0. The third-order valence-electron chi connectivity index (χ3n) is 11.1. The molecule has 8 aromatic carbocycles. The second kappa shape index (κ2) is 11.8. The lowest BCUT2D eigenvalue weighted by molar-refractivity contribution is 1.13. The monoisotopic (exact) mass is 699 g/mol. The van der Waals surface area contributed by atoms with Gasteiger partial charge in [-0.15, -0.1) is 0 Å². The van der Waals surface area contributed by atoms with Gasteiger partial charge in [-0.2, -0.15) is 5.26 Å². The van der Waals surface area contributed by atoms with Crippen molar-refractivity contribution in [2.24, 2.45) is 0 Å². The zero-order chi connectivity index (χ0) is 36.6. The van der Waals surface area contributed by atoms with Crippen molar-refractivity contribution in [1.82, 2.24) is 13.7 Å². The van der Waals surface area contributed by atoms with Crippen molar-refractivity contribution in [3.63, 3.8) is 0 Å². The van der Waals surface area contributed by atoms with E-state index in [1.165, 1.54) is 10.8 Å². The molecule has 5 heteroatoms. The van der Waals surface area contributed by atoms with Crippen LogP contribution in [-0.4, -0.2) is 13.7 Å². The Morgan fingerprint density at radius 3 is 1.64 bits per heavy atom. The van der Waals surface area contributed by atoms with E-state index in [-0.39, 0.29) is 0 Å². The van der Waals surface area contributed by atoms with Crippen LogP contribution in [0.2, 0.25) is 0 Å². The SMILES string of the molecule is [C-]#[N+]c1cccc2c1c1ccccc1n2-c1ccc(-c2cc(C#N)cc(-n3c4ccccc4c4cccc(-n5c6ccccc6c6ccccc65)c43)c2)cc1. The van der Waals surface area contributed by atoms with Crippen molar-refractivity contribution in [2.45, 2.75) is 0 Å². The quantitative estimate of drug-likeness (QED) is 0.169. The van der Waals surface area contributed by atoms with Gasteiger partial charge in [0.2, 0.25) is 0 Å². The minimum atomic E-state index is 0.589. The van der Waals surface area contributed by atoms with E-state index in [4.69, 9.17) is 6.57 Å². The van der Waals surface area contributed by atoms with Crippen LogP contribution in [0.25, 0.3) is 98.5 Å². The highest BCUT2D eigenvalue weighted by Gasteiger charge is 2.21. The number of aromatic nitrogens is 3. The van der Waals surface area contributed by atoms with Crippen molar-refractivity contribution < 1.29 is 0 Å². The van der Waals surface area contributed by atoms with E-state index >= 15 is 0 Å². The lowest BCUT2D eigenvalue weighted by atomic mass is 10.0. The number of rotatable bonds is 4. The van der Waals surface area contributed by atoms with Gasteiger partial charge in [-0.25, -0.2) is 4.85 Å². The first-order valence-electron chi connectivity index (χ1n) is 18.3. The summed E-state index contributed by atoms with van der Waals surface area (Å²) < 4.78 is 6.94. The molecule has 0 spiro atoms. The third-order valence-corrected chi connectivity index (χ3v) is 11.1. The van der Waals surface area contributed by atoms with Crippen molar-refractivity contribution >= 4 is 71.1 Å². The Labute approximate surface area is 316 Å². The standard InChI is InChI=1S/C50H29N5/c1-52-42-17-11-22-47-49(42)41-15-5-9-21-46(41)53(47)35-26-24-33(25-27-35)34-28-32(31-51)29-36(30-34)54-43-18-6-4-14-39(43)40-16-10-23-48(50(40)54)55-44-19-7-2-12-37(44)38-13-3-8-20-45(38)55/h2-30H. The van der Waals surface area contributed by atoms with Crippen molar-refractivity contribution in [3.8, 4) is 34.3 Å². The molecule has 0 radical (unpaired) electrons. The molecule has 254 valence electrons. The molecule has 11 aromatic rings. The second-order valence-electron chi connectivity index (χ2n) is 14.0. The molecule has 0 saturated heterocycles. The molecule has 0 fully saturated rings. The first kappa shape index (κ1) is 30.7. The van der Waals surface area contributed by atoms with Crippen LogP contribution in [0.3, 0.4) is 0 Å². The molecule has 0 unspecified atom stereocenters. The van der Waals surface area contributed by atoms with Gasteiger partial charge < -0.3 is 13.7 Å². The Bertz CT molecular complexity index is 3400. The van der Waals surface area contributed by atoms with Crippen molar-refractivity contribution in [1.29, 1.82) is 5.26 Å². The molecule has 11 rings (SSSR count). The Morgan fingerprint density at radius 1 is 0.436 bits per heavy atom. The summed E-state index contributed by atoms with van der Waals surface area (Å²) in [5, 5.41) is 17.2.